The lowest BCUT2D eigenvalue weighted by Gasteiger charge is -2.53. The first-order chi connectivity index (χ1) is 15.5. The fourth-order valence-corrected chi connectivity index (χ4v) is 4.70. The van der Waals surface area contributed by atoms with Gasteiger partial charge in [-0.25, -0.2) is 4.90 Å². The van der Waals surface area contributed by atoms with Gasteiger partial charge in [0.05, 0.1) is 0 Å². The summed E-state index contributed by atoms with van der Waals surface area (Å²) < 4.78 is 0. The van der Waals surface area contributed by atoms with Crippen LogP contribution >= 0.6 is 0 Å². The number of hydrogen-bond acceptors (Lipinski definition) is 3. The molecule has 3 rings (SSSR count). The highest BCUT2D eigenvalue weighted by Gasteiger charge is 2.53. The van der Waals surface area contributed by atoms with Crippen molar-refractivity contribution in [2.75, 3.05) is 0 Å². The maximum atomic E-state index is 12.4. The Hall–Kier alpha value is -2.46. The Morgan fingerprint density at radius 2 is 1.09 bits per heavy atom. The molecule has 0 fully saturated rings. The molecule has 3 nitrogen and oxygen atoms in total. The van der Waals surface area contributed by atoms with Gasteiger partial charge in [-0.05, 0) is 63.7 Å². The highest BCUT2D eigenvalue weighted by Crippen LogP contribution is 2.48. The van der Waals surface area contributed by atoms with Crippen LogP contribution in [0, 0.1) is 10.8 Å². The number of rotatable bonds is 4. The maximum Gasteiger partial charge on any atom is 0.169 e. The van der Waals surface area contributed by atoms with Gasteiger partial charge in [0.1, 0.15) is 0 Å². The highest BCUT2D eigenvalue weighted by molar-refractivity contribution is 5.54. The molecular formula is C31H41NO2. The van der Waals surface area contributed by atoms with Gasteiger partial charge >= 0.3 is 0 Å². The summed E-state index contributed by atoms with van der Waals surface area (Å²) in [6.07, 6.45) is 7.96. The summed E-state index contributed by atoms with van der Waals surface area (Å²) in [5.41, 5.74) is 2.30. The second kappa shape index (κ2) is 8.64. The quantitative estimate of drug-likeness (QED) is 0.484. The third-order valence-corrected chi connectivity index (χ3v) is 7.10. The number of nitrogens with zero attached hydrogens (tertiary/aromatic N) is 1. The topological polar surface area (TPSA) is 43.7 Å². The van der Waals surface area contributed by atoms with Crippen LogP contribution in [0.15, 0.2) is 101 Å². The van der Waals surface area contributed by atoms with E-state index in [-0.39, 0.29) is 10.8 Å². The Morgan fingerprint density at radius 3 is 1.41 bits per heavy atom. The molecule has 0 aliphatic heterocycles. The predicted octanol–water partition coefficient (Wildman–Crippen LogP) is 6.84. The van der Waals surface area contributed by atoms with E-state index in [1.165, 1.54) is 0 Å². The van der Waals surface area contributed by atoms with Crippen LogP contribution in [0.3, 0.4) is 0 Å². The molecule has 0 amide bonds. The fraction of sp³-hybridized carbons (Fsp3) is 0.419. The summed E-state index contributed by atoms with van der Waals surface area (Å²) in [4.78, 5) is 1.74. The van der Waals surface area contributed by atoms with Gasteiger partial charge in [0.25, 0.3) is 0 Å². The molecular weight excluding hydrogens is 418 g/mol. The molecule has 0 aromatic heterocycles. The Morgan fingerprint density at radius 1 is 0.706 bits per heavy atom. The molecule has 2 aliphatic carbocycles. The number of allylic oxidation sites excluding steroid dienone is 4. The van der Waals surface area contributed by atoms with Crippen LogP contribution in [0.1, 0.15) is 61.0 Å². The normalized spacial score (nSPS) is 26.2. The molecule has 0 radical (unpaired) electrons. The largest absolute Gasteiger partial charge is 0.367 e. The number of hydrogen-bond donors (Lipinski definition) is 2. The van der Waals surface area contributed by atoms with Crippen LogP contribution in [0.25, 0.3) is 0 Å². The van der Waals surface area contributed by atoms with Crippen LogP contribution in [0.2, 0.25) is 0 Å². The van der Waals surface area contributed by atoms with E-state index in [1.807, 2.05) is 68.5 Å². The summed E-state index contributed by atoms with van der Waals surface area (Å²) in [6, 6.07) is 9.90. The molecule has 0 spiro atoms. The summed E-state index contributed by atoms with van der Waals surface area (Å²) in [7, 11) is 0. The molecule has 182 valence electrons. The van der Waals surface area contributed by atoms with Crippen molar-refractivity contribution in [2.24, 2.45) is 10.8 Å². The zero-order valence-electron chi connectivity index (χ0n) is 22.2. The van der Waals surface area contributed by atoms with Crippen LogP contribution < -0.4 is 0 Å². The third kappa shape index (κ3) is 4.45. The Labute approximate surface area is 206 Å². The Bertz CT molecular complexity index is 1050. The summed E-state index contributed by atoms with van der Waals surface area (Å²) in [5.74, 6) is 0. The van der Waals surface area contributed by atoms with Gasteiger partial charge in [-0.15, -0.1) is 0 Å². The van der Waals surface area contributed by atoms with Crippen molar-refractivity contribution in [2.45, 2.75) is 73.4 Å². The van der Waals surface area contributed by atoms with E-state index in [1.54, 1.807) is 4.90 Å². The van der Waals surface area contributed by atoms with Crippen molar-refractivity contribution in [3.8, 4) is 0 Å². The van der Waals surface area contributed by atoms with Gasteiger partial charge < -0.3 is 10.2 Å². The van der Waals surface area contributed by atoms with Crippen molar-refractivity contribution >= 4 is 0 Å². The zero-order chi connectivity index (χ0) is 25.7. The average Bonchev–Trinajstić information content (AvgIpc) is 2.72. The summed E-state index contributed by atoms with van der Waals surface area (Å²) >= 11 is 0. The summed E-state index contributed by atoms with van der Waals surface area (Å²) in [5, 5.41) is 24.7. The minimum Gasteiger partial charge on any atom is -0.367 e. The fourth-order valence-electron chi connectivity index (χ4n) is 4.70. The minimum absolute atomic E-state index is 0.0959. The smallest absolute Gasteiger partial charge is 0.169 e. The Kier molecular flexibility index (Phi) is 6.64. The SMILES string of the molecule is C=C1C=C(C(C)(C)C)C=C(C)C1(O)N(Cc1ccccc1)C1(O)C(=C)C=C(C(C)(C)C)C=C1C. The van der Waals surface area contributed by atoms with E-state index in [0.717, 1.165) is 27.9 Å². The molecule has 0 bridgehead atoms. The first-order valence-corrected chi connectivity index (χ1v) is 12.0. The molecule has 0 saturated heterocycles. The maximum absolute atomic E-state index is 12.4. The predicted molar refractivity (Wildman–Crippen MR) is 143 cm³/mol. The monoisotopic (exact) mass is 459 g/mol. The second-order valence-corrected chi connectivity index (χ2v) is 11.8. The molecule has 1 aromatic carbocycles. The third-order valence-electron chi connectivity index (χ3n) is 7.10. The van der Waals surface area contributed by atoms with Crippen LogP contribution in [-0.2, 0) is 6.54 Å². The molecule has 0 heterocycles. The second-order valence-electron chi connectivity index (χ2n) is 11.8. The van der Waals surface area contributed by atoms with Gasteiger partial charge in [0.2, 0.25) is 0 Å². The van der Waals surface area contributed by atoms with Gasteiger partial charge in [-0.3, -0.25) is 0 Å². The van der Waals surface area contributed by atoms with E-state index in [0.29, 0.717) is 17.7 Å². The molecule has 2 atom stereocenters. The number of aliphatic hydroxyl groups is 2. The lowest BCUT2D eigenvalue weighted by molar-refractivity contribution is -0.167. The molecule has 34 heavy (non-hydrogen) atoms. The van der Waals surface area contributed by atoms with Crippen LogP contribution in [0.5, 0.6) is 0 Å². The first kappa shape index (κ1) is 26.2. The van der Waals surface area contributed by atoms with E-state index in [2.05, 4.69) is 54.7 Å². The van der Waals surface area contributed by atoms with Gasteiger partial charge in [0, 0.05) is 6.54 Å². The van der Waals surface area contributed by atoms with E-state index >= 15 is 0 Å². The highest BCUT2D eigenvalue weighted by atomic mass is 16.4. The molecule has 3 heteroatoms. The van der Waals surface area contributed by atoms with Crippen molar-refractivity contribution in [1.29, 1.82) is 0 Å². The summed E-state index contributed by atoms with van der Waals surface area (Å²) in [6.45, 7) is 25.6. The minimum atomic E-state index is -1.59. The van der Waals surface area contributed by atoms with Gasteiger partial charge in [0.15, 0.2) is 11.4 Å². The molecule has 2 N–H and O–H groups in total. The Balaban J connectivity index is 2.20. The zero-order valence-corrected chi connectivity index (χ0v) is 22.2. The van der Waals surface area contributed by atoms with E-state index in [9.17, 15) is 10.2 Å². The van der Waals surface area contributed by atoms with Crippen molar-refractivity contribution in [3.63, 3.8) is 0 Å². The van der Waals surface area contributed by atoms with E-state index < -0.39 is 11.4 Å². The first-order valence-electron chi connectivity index (χ1n) is 12.0. The standard InChI is InChI=1S/C31H41NO2/c1-21-16-26(28(5,6)7)17-22(2)30(21,33)32(20-25-14-12-11-13-15-25)31(34)23(3)18-27(19-24(31)4)29(8,9)10/h11-19,33-34H,1,3,20H2,2,4-10H3. The van der Waals surface area contributed by atoms with Crippen LogP contribution in [-0.4, -0.2) is 26.6 Å². The molecule has 1 aromatic rings. The van der Waals surface area contributed by atoms with Crippen molar-refractivity contribution in [3.05, 3.63) is 107 Å². The number of benzene rings is 1. The van der Waals surface area contributed by atoms with Gasteiger partial charge in [-0.1, -0.05) is 109 Å². The van der Waals surface area contributed by atoms with Crippen molar-refractivity contribution < 1.29 is 10.2 Å². The van der Waals surface area contributed by atoms with Crippen molar-refractivity contribution in [1.82, 2.24) is 4.90 Å². The molecule has 0 saturated carbocycles. The van der Waals surface area contributed by atoms with Crippen LogP contribution in [0.4, 0.5) is 0 Å². The lowest BCUT2D eigenvalue weighted by atomic mass is 9.74. The van der Waals surface area contributed by atoms with Gasteiger partial charge in [-0.2, -0.15) is 0 Å². The van der Waals surface area contributed by atoms with E-state index in [4.69, 9.17) is 0 Å². The molecule has 2 aliphatic rings. The average molecular weight is 460 g/mol. The lowest BCUT2D eigenvalue weighted by Crippen LogP contribution is -2.63. The molecule has 2 unspecified atom stereocenters.